The Labute approximate surface area is 137 Å². The number of hydrogen-bond donors (Lipinski definition) is 1. The molecule has 0 unspecified atom stereocenters. The molecule has 5 nitrogen and oxygen atoms in total. The molecule has 0 aliphatic rings. The molecule has 0 aromatic carbocycles. The van der Waals surface area contributed by atoms with Crippen LogP contribution in [0, 0.1) is 0 Å². The fraction of sp³-hybridized carbons (Fsp3) is 0. The largest absolute Gasteiger partial charge is 0.463 e. The minimum absolute atomic E-state index is 0.694. The lowest BCUT2D eigenvalue weighted by Crippen LogP contribution is -1.90. The molecule has 0 aliphatic carbocycles. The van der Waals surface area contributed by atoms with Gasteiger partial charge in [0.2, 0.25) is 0 Å². The summed E-state index contributed by atoms with van der Waals surface area (Å²) < 4.78 is 5.52. The van der Waals surface area contributed by atoms with Gasteiger partial charge >= 0.3 is 0 Å². The summed E-state index contributed by atoms with van der Waals surface area (Å²) >= 11 is 0. The van der Waals surface area contributed by atoms with E-state index in [1.165, 1.54) is 0 Å². The van der Waals surface area contributed by atoms with Crippen LogP contribution in [0.3, 0.4) is 0 Å². The van der Waals surface area contributed by atoms with E-state index in [0.717, 1.165) is 39.0 Å². The Morgan fingerprint density at radius 3 is 2.62 bits per heavy atom. The number of H-pyrrole nitrogens is 1. The van der Waals surface area contributed by atoms with E-state index in [2.05, 4.69) is 26.0 Å². The van der Waals surface area contributed by atoms with Crippen molar-refractivity contribution < 1.29 is 4.42 Å². The van der Waals surface area contributed by atoms with E-state index in [9.17, 15) is 0 Å². The molecule has 114 valence electrons. The number of aromatic nitrogens is 4. The van der Waals surface area contributed by atoms with Gasteiger partial charge < -0.3 is 9.40 Å². The van der Waals surface area contributed by atoms with Crippen LogP contribution >= 0.6 is 0 Å². The molecule has 5 aromatic rings. The second-order valence-corrected chi connectivity index (χ2v) is 5.51. The number of aromatic amines is 1. The van der Waals surface area contributed by atoms with Gasteiger partial charge in [-0.25, -0.2) is 15.0 Å². The van der Waals surface area contributed by atoms with Gasteiger partial charge in [-0.2, -0.15) is 0 Å². The number of nitrogens with zero attached hydrogens (tertiary/aromatic N) is 3. The van der Waals surface area contributed by atoms with E-state index in [1.54, 1.807) is 18.7 Å². The van der Waals surface area contributed by atoms with Crippen molar-refractivity contribution in [3.05, 3.63) is 67.3 Å². The molecular formula is C19H12N4O. The predicted molar refractivity (Wildman–Crippen MR) is 92.3 cm³/mol. The van der Waals surface area contributed by atoms with E-state index in [0.29, 0.717) is 5.65 Å². The molecule has 1 N–H and O–H groups in total. The van der Waals surface area contributed by atoms with Crippen molar-refractivity contribution in [2.45, 2.75) is 0 Å². The summed E-state index contributed by atoms with van der Waals surface area (Å²) in [6.45, 7) is 0. The van der Waals surface area contributed by atoms with Crippen LogP contribution in [0.25, 0.3) is 44.6 Å². The number of hydrogen-bond acceptors (Lipinski definition) is 4. The highest BCUT2D eigenvalue weighted by molar-refractivity contribution is 6.03. The molecule has 5 rings (SSSR count). The van der Waals surface area contributed by atoms with Crippen molar-refractivity contribution >= 4 is 22.1 Å². The first kappa shape index (κ1) is 13.0. The Morgan fingerprint density at radius 1 is 0.875 bits per heavy atom. The van der Waals surface area contributed by atoms with Crippen molar-refractivity contribution in [3.63, 3.8) is 0 Å². The zero-order valence-electron chi connectivity index (χ0n) is 12.6. The number of pyridine rings is 3. The molecule has 0 aliphatic heterocycles. The third-order valence-electron chi connectivity index (χ3n) is 4.10. The highest BCUT2D eigenvalue weighted by atomic mass is 16.3. The lowest BCUT2D eigenvalue weighted by atomic mass is 10.0. The molecule has 0 amide bonds. The van der Waals surface area contributed by atoms with Gasteiger partial charge in [0, 0.05) is 34.9 Å². The van der Waals surface area contributed by atoms with Crippen molar-refractivity contribution in [2.75, 3.05) is 0 Å². The first-order chi connectivity index (χ1) is 11.9. The highest BCUT2D eigenvalue weighted by Crippen LogP contribution is 2.35. The molecule has 0 radical (unpaired) electrons. The Balaban J connectivity index is 1.87. The number of rotatable bonds is 2. The van der Waals surface area contributed by atoms with E-state index < -0.39 is 0 Å². The maximum absolute atomic E-state index is 5.52. The van der Waals surface area contributed by atoms with Gasteiger partial charge in [-0.05, 0) is 48.0 Å². The lowest BCUT2D eigenvalue weighted by Gasteiger charge is -2.07. The molecule has 5 heteroatoms. The molecular weight excluding hydrogens is 300 g/mol. The second-order valence-electron chi connectivity index (χ2n) is 5.51. The van der Waals surface area contributed by atoms with Gasteiger partial charge in [0.15, 0.2) is 11.4 Å². The Morgan fingerprint density at radius 2 is 1.75 bits per heavy atom. The van der Waals surface area contributed by atoms with Crippen LogP contribution in [0.4, 0.5) is 0 Å². The van der Waals surface area contributed by atoms with Gasteiger partial charge in [0.05, 0.1) is 6.26 Å². The van der Waals surface area contributed by atoms with Crippen LogP contribution in [0.2, 0.25) is 0 Å². The van der Waals surface area contributed by atoms with E-state index in [-0.39, 0.29) is 0 Å². The lowest BCUT2D eigenvalue weighted by molar-refractivity contribution is 0.580. The Bertz CT molecular complexity index is 1160. The molecule has 5 heterocycles. The summed E-state index contributed by atoms with van der Waals surface area (Å²) in [5, 5.41) is 2.07. The average Bonchev–Trinajstić information content (AvgIpc) is 3.31. The maximum atomic E-state index is 5.52. The van der Waals surface area contributed by atoms with Crippen molar-refractivity contribution in [2.24, 2.45) is 0 Å². The van der Waals surface area contributed by atoms with Crippen LogP contribution in [0.5, 0.6) is 0 Å². The Kier molecular flexibility index (Phi) is 2.72. The fourth-order valence-electron chi connectivity index (χ4n) is 3.01. The minimum atomic E-state index is 0.694. The summed E-state index contributed by atoms with van der Waals surface area (Å²) in [5.74, 6) is 0.724. The highest BCUT2D eigenvalue weighted by Gasteiger charge is 2.14. The first-order valence-electron chi connectivity index (χ1n) is 7.62. The summed E-state index contributed by atoms with van der Waals surface area (Å²) in [4.78, 5) is 16.7. The zero-order chi connectivity index (χ0) is 15.9. The van der Waals surface area contributed by atoms with Gasteiger partial charge in [-0.15, -0.1) is 0 Å². The van der Waals surface area contributed by atoms with E-state index >= 15 is 0 Å². The smallest absolute Gasteiger partial charge is 0.160 e. The van der Waals surface area contributed by atoms with Gasteiger partial charge in [0.25, 0.3) is 0 Å². The van der Waals surface area contributed by atoms with Crippen molar-refractivity contribution in [1.29, 1.82) is 0 Å². The standard InChI is InChI=1S/C19H12N4O/c1-4-12-14(15-11-22-18-13(15)5-2-7-20-18)10-16(17-6-3-9-24-17)23-19(12)21-8-1/h1-11H,(H,20,22). The maximum Gasteiger partial charge on any atom is 0.160 e. The minimum Gasteiger partial charge on any atom is -0.463 e. The van der Waals surface area contributed by atoms with Crippen LogP contribution < -0.4 is 0 Å². The fourth-order valence-corrected chi connectivity index (χ4v) is 3.01. The zero-order valence-corrected chi connectivity index (χ0v) is 12.6. The van der Waals surface area contributed by atoms with Gasteiger partial charge in [0.1, 0.15) is 11.3 Å². The third kappa shape index (κ3) is 1.91. The Hall–Kier alpha value is -3.47. The van der Waals surface area contributed by atoms with Crippen LogP contribution in [-0.2, 0) is 0 Å². The number of nitrogens with one attached hydrogen (secondary N) is 1. The molecule has 0 spiro atoms. The van der Waals surface area contributed by atoms with Gasteiger partial charge in [-0.3, -0.25) is 0 Å². The van der Waals surface area contributed by atoms with Crippen LogP contribution in [0.15, 0.2) is 71.7 Å². The van der Waals surface area contributed by atoms with Crippen LogP contribution in [0.1, 0.15) is 0 Å². The van der Waals surface area contributed by atoms with E-state index in [4.69, 9.17) is 4.42 Å². The van der Waals surface area contributed by atoms with Crippen molar-refractivity contribution in [1.82, 2.24) is 19.9 Å². The second kappa shape index (κ2) is 5.03. The van der Waals surface area contributed by atoms with E-state index in [1.807, 2.05) is 42.6 Å². The summed E-state index contributed by atoms with van der Waals surface area (Å²) in [6.07, 6.45) is 7.16. The van der Waals surface area contributed by atoms with Crippen molar-refractivity contribution in [3.8, 4) is 22.6 Å². The summed E-state index contributed by atoms with van der Waals surface area (Å²) in [5.41, 5.74) is 4.45. The third-order valence-corrected chi connectivity index (χ3v) is 4.10. The molecule has 0 fully saturated rings. The SMILES string of the molecule is c1coc(-c2cc(-c3c[nH]c4ncccc34)c3cccnc3n2)c1. The number of fused-ring (bicyclic) bond motifs is 2. The molecule has 5 aromatic heterocycles. The summed E-state index contributed by atoms with van der Waals surface area (Å²) in [7, 11) is 0. The molecule has 0 bridgehead atoms. The average molecular weight is 312 g/mol. The topological polar surface area (TPSA) is 67.6 Å². The number of furan rings is 1. The molecule has 0 saturated heterocycles. The molecule has 24 heavy (non-hydrogen) atoms. The molecule has 0 saturated carbocycles. The van der Waals surface area contributed by atoms with Crippen LogP contribution in [-0.4, -0.2) is 19.9 Å². The normalized spacial score (nSPS) is 11.3. The first-order valence-corrected chi connectivity index (χ1v) is 7.62. The quantitative estimate of drug-likeness (QED) is 0.523. The van der Waals surface area contributed by atoms with Gasteiger partial charge in [-0.1, -0.05) is 0 Å². The monoisotopic (exact) mass is 312 g/mol. The summed E-state index contributed by atoms with van der Waals surface area (Å²) in [6, 6.07) is 13.8. The predicted octanol–water partition coefficient (Wildman–Crippen LogP) is 4.43. The molecule has 0 atom stereocenters.